The summed E-state index contributed by atoms with van der Waals surface area (Å²) in [6.45, 7) is 2.25. The molecule has 17 heavy (non-hydrogen) atoms. The molecule has 3 rings (SSSR count). The van der Waals surface area contributed by atoms with E-state index in [0.29, 0.717) is 11.4 Å². The molecule has 1 atom stereocenters. The Morgan fingerprint density at radius 3 is 2.82 bits per heavy atom. The van der Waals surface area contributed by atoms with E-state index in [1.807, 2.05) is 19.2 Å². The van der Waals surface area contributed by atoms with Crippen LogP contribution in [0.3, 0.4) is 0 Å². The molecule has 0 N–H and O–H groups in total. The average Bonchev–Trinajstić information content (AvgIpc) is 2.28. The second kappa shape index (κ2) is 3.80. The molecule has 0 saturated carbocycles. The van der Waals surface area contributed by atoms with Crippen molar-refractivity contribution in [3.8, 4) is 0 Å². The van der Waals surface area contributed by atoms with E-state index in [1.54, 1.807) is 16.4 Å². The SMILES string of the molecule is CN1CCN2C(Cc3ccccc3S2(=O)=O)C1. The Hall–Kier alpha value is -0.910. The van der Waals surface area contributed by atoms with Gasteiger partial charge in [-0.05, 0) is 25.1 Å². The molecule has 92 valence electrons. The van der Waals surface area contributed by atoms with Gasteiger partial charge in [-0.3, -0.25) is 0 Å². The van der Waals surface area contributed by atoms with Crippen LogP contribution < -0.4 is 0 Å². The Balaban J connectivity index is 2.09. The van der Waals surface area contributed by atoms with Crippen LogP contribution in [-0.2, 0) is 16.4 Å². The van der Waals surface area contributed by atoms with Crippen LogP contribution in [0.2, 0.25) is 0 Å². The van der Waals surface area contributed by atoms with E-state index < -0.39 is 10.0 Å². The summed E-state index contributed by atoms with van der Waals surface area (Å²) in [6.07, 6.45) is 0.833. The van der Waals surface area contributed by atoms with Gasteiger partial charge in [-0.25, -0.2) is 8.42 Å². The number of fused-ring (bicyclic) bond motifs is 2. The maximum Gasteiger partial charge on any atom is 0.243 e. The largest absolute Gasteiger partial charge is 0.303 e. The monoisotopic (exact) mass is 252 g/mol. The first-order valence-corrected chi connectivity index (χ1v) is 7.31. The van der Waals surface area contributed by atoms with E-state index in [-0.39, 0.29) is 6.04 Å². The fourth-order valence-corrected chi connectivity index (χ4v) is 4.62. The Morgan fingerprint density at radius 1 is 1.24 bits per heavy atom. The summed E-state index contributed by atoms with van der Waals surface area (Å²) in [5.41, 5.74) is 0.962. The van der Waals surface area contributed by atoms with E-state index >= 15 is 0 Å². The lowest BCUT2D eigenvalue weighted by Crippen LogP contribution is -2.56. The van der Waals surface area contributed by atoms with Crippen molar-refractivity contribution in [2.75, 3.05) is 26.7 Å². The van der Waals surface area contributed by atoms with Gasteiger partial charge in [-0.2, -0.15) is 4.31 Å². The highest BCUT2D eigenvalue weighted by atomic mass is 32.2. The zero-order valence-electron chi connectivity index (χ0n) is 9.83. The first-order chi connectivity index (χ1) is 8.09. The third-order valence-corrected chi connectivity index (χ3v) is 5.70. The average molecular weight is 252 g/mol. The topological polar surface area (TPSA) is 40.6 Å². The van der Waals surface area contributed by atoms with Crippen molar-refractivity contribution in [1.82, 2.24) is 9.21 Å². The second-order valence-electron chi connectivity index (χ2n) is 4.84. The van der Waals surface area contributed by atoms with Crippen molar-refractivity contribution in [3.63, 3.8) is 0 Å². The van der Waals surface area contributed by atoms with Crippen molar-refractivity contribution < 1.29 is 8.42 Å². The van der Waals surface area contributed by atoms with Gasteiger partial charge in [0.1, 0.15) is 0 Å². The number of benzene rings is 1. The van der Waals surface area contributed by atoms with E-state index in [4.69, 9.17) is 0 Å². The van der Waals surface area contributed by atoms with E-state index in [2.05, 4.69) is 4.90 Å². The van der Waals surface area contributed by atoms with Gasteiger partial charge in [0.05, 0.1) is 4.90 Å². The zero-order chi connectivity index (χ0) is 12.0. The number of piperazine rings is 1. The summed E-state index contributed by atoms with van der Waals surface area (Å²) in [6, 6.07) is 7.47. The summed E-state index contributed by atoms with van der Waals surface area (Å²) >= 11 is 0. The molecule has 2 heterocycles. The second-order valence-corrected chi connectivity index (χ2v) is 6.70. The van der Waals surface area contributed by atoms with E-state index in [0.717, 1.165) is 25.1 Å². The predicted molar refractivity (Wildman–Crippen MR) is 65.3 cm³/mol. The van der Waals surface area contributed by atoms with Crippen LogP contribution in [-0.4, -0.2) is 50.3 Å². The molecule has 1 fully saturated rings. The molecule has 0 bridgehead atoms. The Labute approximate surface area is 102 Å². The molecule has 0 radical (unpaired) electrons. The van der Waals surface area contributed by atoms with Crippen molar-refractivity contribution in [3.05, 3.63) is 29.8 Å². The molecule has 1 aromatic rings. The van der Waals surface area contributed by atoms with Crippen molar-refractivity contribution in [2.24, 2.45) is 0 Å². The third kappa shape index (κ3) is 1.69. The molecule has 1 unspecified atom stereocenters. The van der Waals surface area contributed by atoms with Gasteiger partial charge in [-0.1, -0.05) is 18.2 Å². The summed E-state index contributed by atoms with van der Waals surface area (Å²) in [5.74, 6) is 0. The van der Waals surface area contributed by atoms with Gasteiger partial charge in [0.25, 0.3) is 0 Å². The number of rotatable bonds is 0. The minimum Gasteiger partial charge on any atom is -0.303 e. The predicted octanol–water partition coefficient (Wildman–Crippen LogP) is 0.547. The smallest absolute Gasteiger partial charge is 0.243 e. The molecule has 0 aromatic heterocycles. The van der Waals surface area contributed by atoms with Gasteiger partial charge in [0.2, 0.25) is 10.0 Å². The van der Waals surface area contributed by atoms with Crippen LogP contribution in [0, 0.1) is 0 Å². The van der Waals surface area contributed by atoms with Gasteiger partial charge < -0.3 is 4.90 Å². The maximum atomic E-state index is 12.5. The van der Waals surface area contributed by atoms with Crippen molar-refractivity contribution in [1.29, 1.82) is 0 Å². The molecule has 4 nitrogen and oxygen atoms in total. The fraction of sp³-hybridized carbons (Fsp3) is 0.500. The fourth-order valence-electron chi connectivity index (χ4n) is 2.78. The van der Waals surface area contributed by atoms with Gasteiger partial charge in [0.15, 0.2) is 0 Å². The van der Waals surface area contributed by atoms with Gasteiger partial charge in [-0.15, -0.1) is 0 Å². The lowest BCUT2D eigenvalue weighted by molar-refractivity contribution is 0.154. The van der Waals surface area contributed by atoms with E-state index in [1.165, 1.54) is 0 Å². The third-order valence-electron chi connectivity index (χ3n) is 3.65. The lowest BCUT2D eigenvalue weighted by atomic mass is 10.0. The number of hydrogen-bond acceptors (Lipinski definition) is 3. The van der Waals surface area contributed by atoms with Crippen molar-refractivity contribution in [2.45, 2.75) is 17.4 Å². The highest BCUT2D eigenvalue weighted by Gasteiger charge is 2.40. The number of hydrogen-bond donors (Lipinski definition) is 0. The van der Waals surface area contributed by atoms with Crippen LogP contribution in [0.4, 0.5) is 0 Å². The molecule has 0 aliphatic carbocycles. The highest BCUT2D eigenvalue weighted by Crippen LogP contribution is 2.31. The Morgan fingerprint density at radius 2 is 2.00 bits per heavy atom. The quantitative estimate of drug-likeness (QED) is 0.677. The van der Waals surface area contributed by atoms with Crippen LogP contribution in [0.5, 0.6) is 0 Å². The van der Waals surface area contributed by atoms with Gasteiger partial charge in [0, 0.05) is 25.7 Å². The molecule has 0 amide bonds. The molecule has 0 spiro atoms. The molecular weight excluding hydrogens is 236 g/mol. The summed E-state index contributed by atoms with van der Waals surface area (Å²) < 4.78 is 26.6. The summed E-state index contributed by atoms with van der Waals surface area (Å²) in [7, 11) is -1.21. The maximum absolute atomic E-state index is 12.5. The zero-order valence-corrected chi connectivity index (χ0v) is 10.7. The molecule has 2 aliphatic rings. The standard InChI is InChI=1S/C12H16N2O2S/c1-13-6-7-14-11(9-13)8-10-4-2-3-5-12(10)17(14,15)16/h2-5,11H,6-9H2,1H3. The Bertz CT molecular complexity index is 541. The van der Waals surface area contributed by atoms with Crippen LogP contribution in [0.1, 0.15) is 5.56 Å². The minimum atomic E-state index is -3.26. The highest BCUT2D eigenvalue weighted by molar-refractivity contribution is 7.89. The summed E-state index contributed by atoms with van der Waals surface area (Å²) in [4.78, 5) is 2.70. The van der Waals surface area contributed by atoms with Crippen molar-refractivity contribution >= 4 is 10.0 Å². The normalized spacial score (nSPS) is 28.4. The molecule has 1 saturated heterocycles. The van der Waals surface area contributed by atoms with Crippen LogP contribution in [0.25, 0.3) is 0 Å². The minimum absolute atomic E-state index is 0.105. The Kier molecular flexibility index (Phi) is 2.50. The molecule has 5 heteroatoms. The number of sulfonamides is 1. The molecule has 1 aromatic carbocycles. The van der Waals surface area contributed by atoms with Crippen LogP contribution in [0.15, 0.2) is 29.2 Å². The number of likely N-dealkylation sites (N-methyl/N-ethyl adjacent to an activating group) is 1. The van der Waals surface area contributed by atoms with Crippen LogP contribution >= 0.6 is 0 Å². The first kappa shape index (κ1) is 11.2. The number of nitrogens with zero attached hydrogens (tertiary/aromatic N) is 2. The summed E-state index contributed by atoms with van der Waals surface area (Å²) in [5, 5.41) is 0. The molecular formula is C12H16N2O2S. The lowest BCUT2D eigenvalue weighted by Gasteiger charge is -2.42. The molecule has 2 aliphatic heterocycles. The van der Waals surface area contributed by atoms with E-state index in [9.17, 15) is 8.42 Å². The first-order valence-electron chi connectivity index (χ1n) is 5.87. The van der Waals surface area contributed by atoms with Gasteiger partial charge >= 0.3 is 0 Å².